The summed E-state index contributed by atoms with van der Waals surface area (Å²) in [7, 11) is 0. The third kappa shape index (κ3) is 61.3. The molecule has 0 heterocycles. The molecule has 0 N–H and O–H groups in total. The quantitative estimate of drug-likeness (QED) is 0.0261. The van der Waals surface area contributed by atoms with Gasteiger partial charge in [0.25, 0.3) is 0 Å². The third-order valence-corrected chi connectivity index (χ3v) is 13.9. The van der Waals surface area contributed by atoms with E-state index >= 15 is 0 Å². The van der Waals surface area contributed by atoms with Crippen LogP contribution in [-0.4, -0.2) is 37.2 Å². The Morgan fingerprint density at radius 2 is 0.520 bits per heavy atom. The molecule has 0 aliphatic carbocycles. The number of hydrogen-bond donors (Lipinski definition) is 0. The van der Waals surface area contributed by atoms with Gasteiger partial charge in [-0.3, -0.25) is 14.4 Å². The van der Waals surface area contributed by atoms with Crippen LogP contribution in [-0.2, 0) is 28.6 Å². The molecule has 0 radical (unpaired) electrons. The number of rotatable bonds is 58. The predicted octanol–water partition coefficient (Wildman–Crippen LogP) is 21.9. The maximum Gasteiger partial charge on any atom is 0.306 e. The van der Waals surface area contributed by atoms with E-state index in [0.717, 1.165) is 109 Å². The summed E-state index contributed by atoms with van der Waals surface area (Å²) in [6.07, 6.45) is 83.0. The van der Waals surface area contributed by atoms with Crippen LogP contribution < -0.4 is 0 Å². The van der Waals surface area contributed by atoms with E-state index in [1.165, 1.54) is 167 Å². The fourth-order valence-corrected chi connectivity index (χ4v) is 9.05. The number of carbonyl (C=O) groups excluding carboxylic acids is 3. The fraction of sp³-hybridized carbons (Fsp3) is 0.754. The summed E-state index contributed by atoms with van der Waals surface area (Å²) in [5.41, 5.74) is 0. The number of unbranched alkanes of at least 4 members (excludes halogenated alkanes) is 33. The van der Waals surface area contributed by atoms with Gasteiger partial charge in [0.1, 0.15) is 13.2 Å². The fourth-order valence-electron chi connectivity index (χ4n) is 9.05. The van der Waals surface area contributed by atoms with E-state index in [9.17, 15) is 14.4 Å². The van der Waals surface area contributed by atoms with Crippen LogP contribution in [0.3, 0.4) is 0 Å². The second kappa shape index (κ2) is 63.1. The average molecular weight is 1050 g/mol. The van der Waals surface area contributed by atoms with E-state index < -0.39 is 6.10 Å². The van der Waals surface area contributed by atoms with Crippen LogP contribution in [0.15, 0.2) is 85.1 Å². The zero-order chi connectivity index (χ0) is 54.3. The van der Waals surface area contributed by atoms with Crippen molar-refractivity contribution in [3.8, 4) is 0 Å². The molecular formula is C69H120O6. The predicted molar refractivity (Wildman–Crippen MR) is 325 cm³/mol. The molecule has 432 valence electrons. The molecule has 0 saturated carbocycles. The molecule has 0 aliphatic heterocycles. The van der Waals surface area contributed by atoms with Crippen LogP contribution in [0.25, 0.3) is 0 Å². The summed E-state index contributed by atoms with van der Waals surface area (Å²) in [5, 5.41) is 0. The van der Waals surface area contributed by atoms with Crippen LogP contribution in [0, 0.1) is 0 Å². The van der Waals surface area contributed by atoms with Gasteiger partial charge in [-0.1, -0.05) is 266 Å². The molecule has 0 amide bonds. The minimum absolute atomic E-state index is 0.0840. The van der Waals surface area contributed by atoms with E-state index in [-0.39, 0.29) is 31.1 Å². The lowest BCUT2D eigenvalue weighted by molar-refractivity contribution is -0.167. The zero-order valence-electron chi connectivity index (χ0n) is 49.6. The minimum Gasteiger partial charge on any atom is -0.462 e. The van der Waals surface area contributed by atoms with E-state index in [1.807, 2.05) is 0 Å². The molecule has 0 aromatic heterocycles. The van der Waals surface area contributed by atoms with Gasteiger partial charge >= 0.3 is 17.9 Å². The molecule has 0 saturated heterocycles. The van der Waals surface area contributed by atoms with Crippen molar-refractivity contribution in [3.05, 3.63) is 85.1 Å². The number of esters is 3. The summed E-state index contributed by atoms with van der Waals surface area (Å²) in [6, 6.07) is 0. The minimum atomic E-state index is -0.789. The van der Waals surface area contributed by atoms with Crippen molar-refractivity contribution in [1.82, 2.24) is 0 Å². The summed E-state index contributed by atoms with van der Waals surface area (Å²) in [6.45, 7) is 6.51. The first-order valence-corrected chi connectivity index (χ1v) is 32.1. The number of hydrogen-bond acceptors (Lipinski definition) is 6. The van der Waals surface area contributed by atoms with Gasteiger partial charge in [-0.05, 0) is 116 Å². The van der Waals surface area contributed by atoms with E-state index in [1.54, 1.807) is 0 Å². The smallest absolute Gasteiger partial charge is 0.306 e. The second-order valence-corrected chi connectivity index (χ2v) is 21.3. The van der Waals surface area contributed by atoms with Gasteiger partial charge < -0.3 is 14.2 Å². The first kappa shape index (κ1) is 71.6. The molecular weight excluding hydrogens is 925 g/mol. The van der Waals surface area contributed by atoms with Gasteiger partial charge in [0.2, 0.25) is 0 Å². The SMILES string of the molecule is CC/C=C\C/C=C\C/C=C\CCCCCCCC(=O)OCC(COC(=O)CCCCCCCCCCCCC/C=C\C/C=C\CCCCCCC)OC(=O)CCCCCCCCCCC/C=C\C/C=C\CCCCC. The molecule has 1 atom stereocenters. The van der Waals surface area contributed by atoms with Crippen molar-refractivity contribution in [2.75, 3.05) is 13.2 Å². The van der Waals surface area contributed by atoms with Gasteiger partial charge in [-0.2, -0.15) is 0 Å². The van der Waals surface area contributed by atoms with Gasteiger partial charge in [0, 0.05) is 19.3 Å². The lowest BCUT2D eigenvalue weighted by atomic mass is 10.0. The first-order valence-electron chi connectivity index (χ1n) is 32.1. The summed E-state index contributed by atoms with van der Waals surface area (Å²) >= 11 is 0. The Labute approximate surface area is 465 Å². The highest BCUT2D eigenvalue weighted by molar-refractivity contribution is 5.71. The molecule has 0 fully saturated rings. The molecule has 0 rings (SSSR count). The van der Waals surface area contributed by atoms with Crippen LogP contribution in [0.4, 0.5) is 0 Å². The Morgan fingerprint density at radius 1 is 0.280 bits per heavy atom. The molecule has 0 aromatic carbocycles. The van der Waals surface area contributed by atoms with Gasteiger partial charge in [-0.15, -0.1) is 0 Å². The molecule has 0 bridgehead atoms. The van der Waals surface area contributed by atoms with Crippen LogP contribution in [0.1, 0.15) is 316 Å². The molecule has 0 aromatic rings. The molecule has 6 nitrogen and oxygen atoms in total. The van der Waals surface area contributed by atoms with Crippen molar-refractivity contribution in [2.45, 2.75) is 322 Å². The largest absolute Gasteiger partial charge is 0.462 e. The number of allylic oxidation sites excluding steroid dienone is 14. The monoisotopic (exact) mass is 1040 g/mol. The van der Waals surface area contributed by atoms with E-state index in [4.69, 9.17) is 14.2 Å². The standard InChI is InChI=1S/C69H120O6/c1-4-7-10-13-16-19-22-25-28-30-32-33-34-35-37-38-41-44-47-50-53-56-59-62-68(71)74-65-66(64-73-67(70)61-58-55-52-49-46-43-40-27-24-21-18-15-12-9-6-3)75-69(72)63-60-57-54-51-48-45-42-39-36-31-29-26-23-20-17-14-11-8-5-2/h9,12,17-18,20-22,25-27,29-30,32,40,66H,4-8,10-11,13-16,19,23-24,28,31,33-39,41-65H2,1-3H3/b12-9-,20-17-,21-18-,25-22-,29-26-,32-30-,40-27-. The Morgan fingerprint density at radius 3 is 0.840 bits per heavy atom. The van der Waals surface area contributed by atoms with Crippen LogP contribution in [0.2, 0.25) is 0 Å². The molecule has 0 aliphatic rings. The Hall–Kier alpha value is -3.41. The number of ether oxygens (including phenoxy) is 3. The molecule has 75 heavy (non-hydrogen) atoms. The Bertz CT molecular complexity index is 1430. The van der Waals surface area contributed by atoms with Crippen molar-refractivity contribution in [1.29, 1.82) is 0 Å². The lowest BCUT2D eigenvalue weighted by Crippen LogP contribution is -2.30. The summed E-state index contributed by atoms with van der Waals surface area (Å²) in [5.74, 6) is -0.896. The second-order valence-electron chi connectivity index (χ2n) is 21.3. The highest BCUT2D eigenvalue weighted by Crippen LogP contribution is 2.16. The zero-order valence-corrected chi connectivity index (χ0v) is 49.6. The van der Waals surface area contributed by atoms with Crippen LogP contribution >= 0.6 is 0 Å². The van der Waals surface area contributed by atoms with Crippen molar-refractivity contribution >= 4 is 17.9 Å². The average Bonchev–Trinajstić information content (AvgIpc) is 3.41. The normalized spacial score (nSPS) is 12.6. The van der Waals surface area contributed by atoms with Gasteiger partial charge in [-0.25, -0.2) is 0 Å². The van der Waals surface area contributed by atoms with Crippen molar-refractivity contribution in [3.63, 3.8) is 0 Å². The first-order chi connectivity index (χ1) is 37.0. The highest BCUT2D eigenvalue weighted by atomic mass is 16.6. The van der Waals surface area contributed by atoms with Crippen molar-refractivity contribution < 1.29 is 28.6 Å². The summed E-state index contributed by atoms with van der Waals surface area (Å²) < 4.78 is 16.9. The van der Waals surface area contributed by atoms with Crippen LogP contribution in [0.5, 0.6) is 0 Å². The Kier molecular flexibility index (Phi) is 60.3. The van der Waals surface area contributed by atoms with Gasteiger partial charge in [0.05, 0.1) is 0 Å². The van der Waals surface area contributed by atoms with E-state index in [2.05, 4.69) is 106 Å². The van der Waals surface area contributed by atoms with Crippen molar-refractivity contribution in [2.24, 2.45) is 0 Å². The number of carbonyl (C=O) groups is 3. The Balaban J connectivity index is 4.36. The topological polar surface area (TPSA) is 78.9 Å². The molecule has 1 unspecified atom stereocenters. The third-order valence-electron chi connectivity index (χ3n) is 13.9. The maximum atomic E-state index is 12.9. The summed E-state index contributed by atoms with van der Waals surface area (Å²) in [4.78, 5) is 38.3. The highest BCUT2D eigenvalue weighted by Gasteiger charge is 2.19. The van der Waals surface area contributed by atoms with E-state index in [0.29, 0.717) is 19.3 Å². The maximum absolute atomic E-state index is 12.9. The molecule has 6 heteroatoms. The lowest BCUT2D eigenvalue weighted by Gasteiger charge is -2.18. The molecule has 0 spiro atoms. The van der Waals surface area contributed by atoms with Gasteiger partial charge in [0.15, 0.2) is 6.10 Å².